The third-order valence-electron chi connectivity index (χ3n) is 16.0. The third-order valence-corrected chi connectivity index (χ3v) is 16.9. The first-order valence-corrected chi connectivity index (χ1v) is 37.1. The highest BCUT2D eigenvalue weighted by Gasteiger charge is 2.27. The van der Waals surface area contributed by atoms with Gasteiger partial charge in [-0.05, 0) is 76.7 Å². The van der Waals surface area contributed by atoms with E-state index in [1.165, 1.54) is 218 Å². The van der Waals surface area contributed by atoms with E-state index in [0.717, 1.165) is 89.9 Å². The van der Waals surface area contributed by atoms with Crippen molar-refractivity contribution < 1.29 is 37.3 Å². The van der Waals surface area contributed by atoms with Crippen LogP contribution in [-0.4, -0.2) is 69.4 Å². The fraction of sp³-hybridized carbons (Fsp3) is 0.836. The molecule has 0 spiro atoms. The fourth-order valence-corrected chi connectivity index (χ4v) is 11.2. The van der Waals surface area contributed by atoms with E-state index in [1.54, 1.807) is 0 Å². The van der Waals surface area contributed by atoms with Crippen LogP contribution in [0.4, 0.5) is 0 Å². The average molecular weight is 1190 g/mol. The maximum atomic E-state index is 13.6. The number of hydrogen-bond acceptors (Lipinski definition) is 7. The quantitative estimate of drug-likeness (QED) is 0.0212. The topological polar surface area (TPSA) is 114 Å². The molecule has 0 aromatic carbocycles. The number of nitrogens with zero attached hydrogens (tertiary/aromatic N) is 1. The zero-order chi connectivity index (χ0) is 60.7. The molecule has 0 rings (SSSR count). The molecule has 10 heteroatoms. The summed E-state index contributed by atoms with van der Waals surface area (Å²) in [5.41, 5.74) is 0. The number of quaternary nitrogens is 1. The molecule has 9 nitrogen and oxygen atoms in total. The van der Waals surface area contributed by atoms with E-state index in [2.05, 4.69) is 74.7 Å². The van der Waals surface area contributed by atoms with E-state index in [1.807, 2.05) is 33.3 Å². The first-order chi connectivity index (χ1) is 40.4. The standard InChI is InChI=1S/C73H137N2O7P/c1-7-10-13-16-19-22-25-27-29-31-33-35-37-39-41-43-45-47-50-53-56-59-62-65-72(76)74-70(69-81-83(78,79)80-68-67-75(4,5)6)71(64-61-58-55-52-49-24-21-18-15-12-9-3)82-73(77)66-63-60-57-54-51-48-46-44-42-40-38-36-34-32-30-28-26-23-20-17-14-11-8-2/h19,22,27,29,33,35,39,41,61,64,70-71H,7-18,20-21,23-26,28,30-32,34,36-38,40,42-60,62-63,65-69H2,1-6H3,(H-,74,76,78,79)/b22-19-,29-27-,35-33-,41-39-,64-61+. The summed E-state index contributed by atoms with van der Waals surface area (Å²) in [6, 6.07) is -0.894. The molecule has 0 aliphatic rings. The molecule has 3 unspecified atom stereocenters. The molecule has 0 aromatic rings. The van der Waals surface area contributed by atoms with Crippen molar-refractivity contribution in [2.24, 2.45) is 0 Å². The number of hydrogen-bond donors (Lipinski definition) is 1. The van der Waals surface area contributed by atoms with Gasteiger partial charge in [0.1, 0.15) is 19.3 Å². The fourth-order valence-electron chi connectivity index (χ4n) is 10.4. The molecule has 0 heterocycles. The van der Waals surface area contributed by atoms with Crippen LogP contribution in [0, 0.1) is 0 Å². The van der Waals surface area contributed by atoms with E-state index in [0.29, 0.717) is 17.4 Å². The van der Waals surface area contributed by atoms with Gasteiger partial charge >= 0.3 is 5.97 Å². The van der Waals surface area contributed by atoms with Crippen LogP contribution >= 0.6 is 7.82 Å². The largest absolute Gasteiger partial charge is 0.756 e. The Hall–Kier alpha value is -2.29. The van der Waals surface area contributed by atoms with Crippen molar-refractivity contribution in [3.63, 3.8) is 0 Å². The van der Waals surface area contributed by atoms with Crippen molar-refractivity contribution >= 4 is 19.7 Å². The first-order valence-electron chi connectivity index (χ1n) is 35.6. The highest BCUT2D eigenvalue weighted by atomic mass is 31.2. The SMILES string of the molecule is CCCCC/C=C\C/C=C\C/C=C\C/C=C\CCCCCCCCCC(=O)NC(COP(=O)([O-])OCC[N+](C)(C)C)C(/C=C/CCCCCCCCCCC)OC(=O)CCCCCCCCCCCCCCCCCCCCCCCCC. The zero-order valence-corrected chi connectivity index (χ0v) is 56.6. The first kappa shape index (κ1) is 80.7. The number of allylic oxidation sites excluding steroid dienone is 9. The molecular weight excluding hydrogens is 1050 g/mol. The number of phosphoric acid groups is 1. The molecule has 0 saturated carbocycles. The van der Waals surface area contributed by atoms with Crippen molar-refractivity contribution in [2.45, 2.75) is 354 Å². The van der Waals surface area contributed by atoms with Crippen LogP contribution in [0.5, 0.6) is 0 Å². The Morgan fingerprint density at radius 2 is 0.735 bits per heavy atom. The molecule has 83 heavy (non-hydrogen) atoms. The van der Waals surface area contributed by atoms with E-state index >= 15 is 0 Å². The monoisotopic (exact) mass is 1190 g/mol. The van der Waals surface area contributed by atoms with Gasteiger partial charge in [-0.1, -0.05) is 313 Å². The second-order valence-corrected chi connectivity index (χ2v) is 26.8. The summed E-state index contributed by atoms with van der Waals surface area (Å²) in [7, 11) is 1.18. The van der Waals surface area contributed by atoms with Gasteiger partial charge in [0.15, 0.2) is 0 Å². The van der Waals surface area contributed by atoms with Gasteiger partial charge in [-0.2, -0.15) is 0 Å². The number of carbonyl (C=O) groups is 2. The summed E-state index contributed by atoms with van der Waals surface area (Å²) in [6.45, 7) is 6.85. The summed E-state index contributed by atoms with van der Waals surface area (Å²) in [4.78, 5) is 40.1. The van der Waals surface area contributed by atoms with Crippen molar-refractivity contribution in [1.29, 1.82) is 0 Å². The second kappa shape index (κ2) is 62.8. The summed E-state index contributed by atoms with van der Waals surface area (Å²) < 4.78 is 30.4. The number of likely N-dealkylation sites (N-methyl/N-ethyl adjacent to an activating group) is 1. The van der Waals surface area contributed by atoms with E-state index in [-0.39, 0.29) is 24.9 Å². The van der Waals surface area contributed by atoms with Crippen molar-refractivity contribution in [3.8, 4) is 0 Å². The number of esters is 1. The summed E-state index contributed by atoms with van der Waals surface area (Å²) in [5.74, 6) is -0.540. The van der Waals surface area contributed by atoms with E-state index < -0.39 is 26.6 Å². The second-order valence-electron chi connectivity index (χ2n) is 25.4. The van der Waals surface area contributed by atoms with Crippen molar-refractivity contribution in [2.75, 3.05) is 40.9 Å². The van der Waals surface area contributed by atoms with Crippen LogP contribution in [0.15, 0.2) is 60.8 Å². The van der Waals surface area contributed by atoms with Crippen LogP contribution in [0.1, 0.15) is 342 Å². The molecule has 3 atom stereocenters. The summed E-state index contributed by atoms with van der Waals surface area (Å²) in [6.07, 6.45) is 80.6. The predicted molar refractivity (Wildman–Crippen MR) is 358 cm³/mol. The normalized spacial score (nSPS) is 13.9. The maximum absolute atomic E-state index is 13.6. The van der Waals surface area contributed by atoms with Gasteiger partial charge in [0.2, 0.25) is 5.91 Å². The Kier molecular flexibility index (Phi) is 61.0. The lowest BCUT2D eigenvalue weighted by atomic mass is 10.0. The van der Waals surface area contributed by atoms with E-state index in [4.69, 9.17) is 13.8 Å². The summed E-state index contributed by atoms with van der Waals surface area (Å²) >= 11 is 0. The molecule has 1 amide bonds. The van der Waals surface area contributed by atoms with Gasteiger partial charge in [0.05, 0.1) is 33.8 Å². The lowest BCUT2D eigenvalue weighted by Crippen LogP contribution is -2.47. The Morgan fingerprint density at radius 1 is 0.422 bits per heavy atom. The molecular formula is C73H137N2O7P. The van der Waals surface area contributed by atoms with Gasteiger partial charge in [-0.15, -0.1) is 0 Å². The lowest BCUT2D eigenvalue weighted by Gasteiger charge is -2.30. The molecule has 0 aromatic heterocycles. The maximum Gasteiger partial charge on any atom is 0.306 e. The van der Waals surface area contributed by atoms with Gasteiger partial charge in [0, 0.05) is 12.8 Å². The third kappa shape index (κ3) is 64.0. The van der Waals surface area contributed by atoms with Crippen LogP contribution in [0.3, 0.4) is 0 Å². The van der Waals surface area contributed by atoms with Crippen LogP contribution in [0.2, 0.25) is 0 Å². The zero-order valence-electron chi connectivity index (χ0n) is 55.7. The minimum Gasteiger partial charge on any atom is -0.756 e. The van der Waals surface area contributed by atoms with Gasteiger partial charge in [-0.25, -0.2) is 0 Å². The average Bonchev–Trinajstić information content (AvgIpc) is 3.51. The number of carbonyl (C=O) groups excluding carboxylic acids is 2. The van der Waals surface area contributed by atoms with Crippen LogP contribution in [-0.2, 0) is 27.9 Å². The number of amides is 1. The predicted octanol–water partition coefficient (Wildman–Crippen LogP) is 21.9. The minimum atomic E-state index is -4.71. The number of unbranched alkanes of at least 4 members (excludes halogenated alkanes) is 41. The Labute approximate surface area is 515 Å². The smallest absolute Gasteiger partial charge is 0.306 e. The van der Waals surface area contributed by atoms with Crippen molar-refractivity contribution in [3.05, 3.63) is 60.8 Å². The summed E-state index contributed by atoms with van der Waals surface area (Å²) in [5, 5.41) is 3.04. The Morgan fingerprint density at radius 3 is 1.12 bits per heavy atom. The highest BCUT2D eigenvalue weighted by Crippen LogP contribution is 2.38. The molecule has 1 N–H and O–H groups in total. The number of nitrogens with one attached hydrogen (secondary N) is 1. The van der Waals surface area contributed by atoms with Gasteiger partial charge in [0.25, 0.3) is 7.82 Å². The van der Waals surface area contributed by atoms with Crippen LogP contribution < -0.4 is 10.2 Å². The Bertz CT molecular complexity index is 1600. The molecule has 0 aliphatic heterocycles. The van der Waals surface area contributed by atoms with Crippen LogP contribution in [0.25, 0.3) is 0 Å². The Balaban J connectivity index is 5.04. The molecule has 0 bridgehead atoms. The van der Waals surface area contributed by atoms with Gasteiger partial charge < -0.3 is 28.5 Å². The molecule has 0 fully saturated rings. The highest BCUT2D eigenvalue weighted by molar-refractivity contribution is 7.45. The van der Waals surface area contributed by atoms with Crippen molar-refractivity contribution in [1.82, 2.24) is 5.32 Å². The number of rotatable bonds is 65. The molecule has 0 aliphatic carbocycles. The number of ether oxygens (including phenoxy) is 1. The molecule has 486 valence electrons. The minimum absolute atomic E-state index is 0.0245. The molecule has 0 saturated heterocycles. The van der Waals surface area contributed by atoms with Gasteiger partial charge in [-0.3, -0.25) is 14.2 Å². The van der Waals surface area contributed by atoms with E-state index in [9.17, 15) is 19.0 Å². The lowest BCUT2D eigenvalue weighted by molar-refractivity contribution is -0.870. The molecule has 0 radical (unpaired) electrons. The number of phosphoric ester groups is 1.